The Kier molecular flexibility index (Phi) is 7.37. The Morgan fingerprint density at radius 3 is 2.26 bits per heavy atom. The van der Waals surface area contributed by atoms with Crippen LogP contribution in [0, 0.1) is 0 Å². The number of nitrogens with one attached hydrogen (secondary N) is 1. The normalized spacial score (nSPS) is 11.4. The van der Waals surface area contributed by atoms with Gasteiger partial charge in [-0.3, -0.25) is 14.4 Å². The molecule has 0 fully saturated rings. The van der Waals surface area contributed by atoms with Gasteiger partial charge in [-0.2, -0.15) is 0 Å². The van der Waals surface area contributed by atoms with Crippen molar-refractivity contribution in [3.8, 4) is 5.75 Å². The van der Waals surface area contributed by atoms with E-state index in [9.17, 15) is 14.4 Å². The van der Waals surface area contributed by atoms with Gasteiger partial charge in [0, 0.05) is 16.3 Å². The summed E-state index contributed by atoms with van der Waals surface area (Å²) in [4.78, 5) is 35.1. The fourth-order valence-electron chi connectivity index (χ4n) is 2.12. The van der Waals surface area contributed by atoms with E-state index in [2.05, 4.69) is 5.32 Å². The number of amides is 1. The van der Waals surface area contributed by atoms with Crippen molar-refractivity contribution in [3.63, 3.8) is 0 Å². The molecule has 1 unspecified atom stereocenters. The van der Waals surface area contributed by atoms with Gasteiger partial charge in [0.15, 0.2) is 11.9 Å². The van der Waals surface area contributed by atoms with Gasteiger partial charge in [-0.05, 0) is 62.4 Å². The van der Waals surface area contributed by atoms with Crippen molar-refractivity contribution in [3.05, 3.63) is 59.1 Å². The third kappa shape index (κ3) is 6.75. The molecule has 0 aliphatic heterocycles. The minimum Gasteiger partial charge on any atom is -0.493 e. The summed E-state index contributed by atoms with van der Waals surface area (Å²) >= 11 is 5.79. The number of carbonyl (C=O) groups excluding carboxylic acids is 3. The summed E-state index contributed by atoms with van der Waals surface area (Å²) in [5.41, 5.74) is 1.15. The van der Waals surface area contributed by atoms with Crippen molar-refractivity contribution in [2.24, 2.45) is 0 Å². The number of carbonyl (C=O) groups is 3. The first-order valence-electron chi connectivity index (χ1n) is 8.35. The fourth-order valence-corrected chi connectivity index (χ4v) is 2.25. The molecule has 0 heterocycles. The van der Waals surface area contributed by atoms with E-state index < -0.39 is 18.0 Å². The topological polar surface area (TPSA) is 81.7 Å². The Hall–Kier alpha value is -2.86. The number of hydrogen-bond donors (Lipinski definition) is 1. The van der Waals surface area contributed by atoms with Crippen LogP contribution in [0.4, 0.5) is 5.69 Å². The highest BCUT2D eigenvalue weighted by molar-refractivity contribution is 6.30. The maximum absolute atomic E-state index is 12.0. The Balaban J connectivity index is 1.73. The molecule has 2 aromatic rings. The van der Waals surface area contributed by atoms with Gasteiger partial charge in [-0.1, -0.05) is 11.6 Å². The van der Waals surface area contributed by atoms with Gasteiger partial charge in [0.2, 0.25) is 0 Å². The van der Waals surface area contributed by atoms with Crippen molar-refractivity contribution in [1.82, 2.24) is 0 Å². The lowest BCUT2D eigenvalue weighted by atomic mass is 10.1. The molecule has 0 bridgehead atoms. The maximum atomic E-state index is 12.0. The van der Waals surface area contributed by atoms with Gasteiger partial charge in [0.05, 0.1) is 13.0 Å². The van der Waals surface area contributed by atoms with Crippen LogP contribution in [-0.4, -0.2) is 30.4 Å². The van der Waals surface area contributed by atoms with Crippen molar-refractivity contribution in [1.29, 1.82) is 0 Å². The number of Topliss-reactive ketones (excluding diaryl/α,β-unsaturated/α-hetero) is 1. The molecule has 0 spiro atoms. The van der Waals surface area contributed by atoms with Crippen LogP contribution in [0.3, 0.4) is 0 Å². The lowest BCUT2D eigenvalue weighted by molar-refractivity contribution is -0.153. The zero-order valence-electron chi connectivity index (χ0n) is 15.0. The van der Waals surface area contributed by atoms with Crippen LogP contribution >= 0.6 is 11.6 Å². The quantitative estimate of drug-likeness (QED) is 0.547. The number of halogens is 1. The number of anilines is 1. The monoisotopic (exact) mass is 389 g/mol. The summed E-state index contributed by atoms with van der Waals surface area (Å²) in [5.74, 6) is -0.474. The Morgan fingerprint density at radius 2 is 1.67 bits per heavy atom. The average molecular weight is 390 g/mol. The van der Waals surface area contributed by atoms with E-state index in [1.165, 1.54) is 13.8 Å². The molecule has 0 saturated carbocycles. The van der Waals surface area contributed by atoms with Crippen LogP contribution in [0.2, 0.25) is 5.02 Å². The van der Waals surface area contributed by atoms with Gasteiger partial charge in [0.1, 0.15) is 5.75 Å². The molecule has 6 nitrogen and oxygen atoms in total. The number of rotatable bonds is 8. The number of ketones is 1. The highest BCUT2D eigenvalue weighted by Gasteiger charge is 2.18. The maximum Gasteiger partial charge on any atom is 0.310 e. The molecule has 27 heavy (non-hydrogen) atoms. The summed E-state index contributed by atoms with van der Waals surface area (Å²) in [6.45, 7) is 3.07. The molecule has 2 aromatic carbocycles. The number of benzene rings is 2. The minimum atomic E-state index is -0.942. The molecule has 2 rings (SSSR count). The lowest BCUT2D eigenvalue weighted by Crippen LogP contribution is -2.30. The lowest BCUT2D eigenvalue weighted by Gasteiger charge is -2.14. The third-order valence-corrected chi connectivity index (χ3v) is 3.88. The predicted molar refractivity (Wildman–Crippen MR) is 102 cm³/mol. The van der Waals surface area contributed by atoms with Crippen LogP contribution in [-0.2, 0) is 14.3 Å². The van der Waals surface area contributed by atoms with E-state index in [0.717, 1.165) is 0 Å². The fraction of sp³-hybridized carbons (Fsp3) is 0.250. The van der Waals surface area contributed by atoms with Crippen molar-refractivity contribution >= 4 is 34.9 Å². The molecule has 0 saturated heterocycles. The van der Waals surface area contributed by atoms with Gasteiger partial charge < -0.3 is 14.8 Å². The second kappa shape index (κ2) is 9.73. The van der Waals surface area contributed by atoms with Gasteiger partial charge in [-0.25, -0.2) is 0 Å². The molecule has 1 amide bonds. The smallest absolute Gasteiger partial charge is 0.310 e. The first-order valence-corrected chi connectivity index (χ1v) is 8.72. The SMILES string of the molecule is CC(=O)c1ccc(OCCC(=O)OC(C)C(=O)Nc2ccc(Cl)cc2)cc1. The van der Waals surface area contributed by atoms with E-state index >= 15 is 0 Å². The summed E-state index contributed by atoms with van der Waals surface area (Å²) in [5, 5.41) is 3.20. The van der Waals surface area contributed by atoms with Crippen molar-refractivity contribution in [2.45, 2.75) is 26.4 Å². The largest absolute Gasteiger partial charge is 0.493 e. The van der Waals surface area contributed by atoms with E-state index in [1.54, 1.807) is 48.5 Å². The standard InChI is InChI=1S/C20H20ClNO5/c1-13(23)15-3-9-18(10-4-15)26-12-11-19(24)27-14(2)20(25)22-17-7-5-16(21)6-8-17/h3-10,14H,11-12H2,1-2H3,(H,22,25). The van der Waals surface area contributed by atoms with Crippen LogP contribution in [0.1, 0.15) is 30.6 Å². The molecule has 142 valence electrons. The van der Waals surface area contributed by atoms with Gasteiger partial charge in [0.25, 0.3) is 5.91 Å². The first-order chi connectivity index (χ1) is 12.8. The molecule has 0 aliphatic rings. The minimum absolute atomic E-state index is 0.00692. The van der Waals surface area contributed by atoms with Gasteiger partial charge >= 0.3 is 5.97 Å². The Labute approximate surface area is 162 Å². The summed E-state index contributed by atoms with van der Waals surface area (Å²) in [6, 6.07) is 13.2. The van der Waals surface area contributed by atoms with Crippen LogP contribution in [0.15, 0.2) is 48.5 Å². The second-order valence-electron chi connectivity index (χ2n) is 5.81. The molecule has 1 N–H and O–H groups in total. The number of esters is 1. The van der Waals surface area contributed by atoms with E-state index in [4.69, 9.17) is 21.1 Å². The van der Waals surface area contributed by atoms with E-state index in [1.807, 2.05) is 0 Å². The van der Waals surface area contributed by atoms with Crippen LogP contribution < -0.4 is 10.1 Å². The zero-order chi connectivity index (χ0) is 19.8. The molecule has 1 atom stereocenters. The zero-order valence-corrected chi connectivity index (χ0v) is 15.8. The molecule has 0 aliphatic carbocycles. The summed E-state index contributed by atoms with van der Waals surface area (Å²) in [7, 11) is 0. The third-order valence-electron chi connectivity index (χ3n) is 3.62. The Bertz CT molecular complexity index is 802. The Morgan fingerprint density at radius 1 is 1.04 bits per heavy atom. The average Bonchev–Trinajstić information content (AvgIpc) is 2.64. The summed E-state index contributed by atoms with van der Waals surface area (Å²) in [6.07, 6.45) is -0.949. The second-order valence-corrected chi connectivity index (χ2v) is 6.24. The number of ether oxygens (including phenoxy) is 2. The molecule has 7 heteroatoms. The van der Waals surface area contributed by atoms with Crippen LogP contribution in [0.5, 0.6) is 5.75 Å². The molecular formula is C20H20ClNO5. The van der Waals surface area contributed by atoms with E-state index in [0.29, 0.717) is 22.0 Å². The van der Waals surface area contributed by atoms with Crippen LogP contribution in [0.25, 0.3) is 0 Å². The predicted octanol–water partition coefficient (Wildman–Crippen LogP) is 3.88. The van der Waals surface area contributed by atoms with Crippen molar-refractivity contribution < 1.29 is 23.9 Å². The molecule has 0 aromatic heterocycles. The van der Waals surface area contributed by atoms with E-state index in [-0.39, 0.29) is 18.8 Å². The first kappa shape index (κ1) is 20.5. The van der Waals surface area contributed by atoms with Crippen molar-refractivity contribution in [2.75, 3.05) is 11.9 Å². The molecular weight excluding hydrogens is 370 g/mol. The number of hydrogen-bond acceptors (Lipinski definition) is 5. The molecule has 0 radical (unpaired) electrons. The highest BCUT2D eigenvalue weighted by atomic mass is 35.5. The highest BCUT2D eigenvalue weighted by Crippen LogP contribution is 2.15. The summed E-state index contributed by atoms with van der Waals surface area (Å²) < 4.78 is 10.5. The van der Waals surface area contributed by atoms with Gasteiger partial charge in [-0.15, -0.1) is 0 Å².